The van der Waals surface area contributed by atoms with E-state index in [0.29, 0.717) is 19.3 Å². The highest BCUT2D eigenvalue weighted by molar-refractivity contribution is 5.77. The molecule has 1 amide bonds. The van der Waals surface area contributed by atoms with Crippen molar-refractivity contribution in [1.29, 1.82) is 0 Å². The predicted octanol–water partition coefficient (Wildman–Crippen LogP) is 14.7. The zero-order chi connectivity index (χ0) is 42.4. The topological polar surface area (TPSA) is 95.9 Å². The summed E-state index contributed by atoms with van der Waals surface area (Å²) in [5.74, 6) is -0.518. The van der Waals surface area contributed by atoms with Gasteiger partial charge in [0, 0.05) is 6.42 Å². The zero-order valence-corrected chi connectivity index (χ0v) is 38.4. The van der Waals surface area contributed by atoms with Crippen molar-refractivity contribution in [1.82, 2.24) is 5.32 Å². The van der Waals surface area contributed by atoms with Crippen LogP contribution in [0.2, 0.25) is 0 Å². The van der Waals surface area contributed by atoms with Crippen LogP contribution in [0.25, 0.3) is 0 Å². The fraction of sp³-hybridized carbons (Fsp3) is 0.808. The summed E-state index contributed by atoms with van der Waals surface area (Å²) in [4.78, 5) is 26.0. The average molecular weight is 814 g/mol. The third-order valence-electron chi connectivity index (χ3n) is 11.1. The highest BCUT2D eigenvalue weighted by Gasteiger charge is 2.24. The summed E-state index contributed by atoms with van der Waals surface area (Å²) in [6.45, 7) is 6.30. The SMILES string of the molecule is CC/C=C/C/C=C/C/C=C/CCCCCCC(=O)OC(CCCCC/C=C\CCC)CC(=O)NC(CO)C(O)CCCCCCCCCCCCCCCCCCC. The van der Waals surface area contributed by atoms with Crippen LogP contribution in [-0.4, -0.2) is 46.9 Å². The Hall–Kier alpha value is -2.18. The molecule has 0 saturated heterocycles. The first-order valence-electron chi connectivity index (χ1n) is 24.9. The molecule has 0 radical (unpaired) electrons. The number of aliphatic hydroxyl groups is 2. The van der Waals surface area contributed by atoms with E-state index in [0.717, 1.165) is 109 Å². The molecule has 0 heterocycles. The Labute approximate surface area is 359 Å². The van der Waals surface area contributed by atoms with Gasteiger partial charge in [-0.2, -0.15) is 0 Å². The van der Waals surface area contributed by atoms with Gasteiger partial charge >= 0.3 is 5.97 Å². The number of nitrogens with one attached hydrogen (secondary N) is 1. The molecule has 0 aromatic heterocycles. The molecular weight excluding hydrogens is 719 g/mol. The molecule has 58 heavy (non-hydrogen) atoms. The first-order valence-corrected chi connectivity index (χ1v) is 24.9. The van der Waals surface area contributed by atoms with E-state index in [1.807, 2.05) is 0 Å². The molecule has 3 unspecified atom stereocenters. The number of hydrogen-bond donors (Lipinski definition) is 3. The molecule has 338 valence electrons. The van der Waals surface area contributed by atoms with Crippen molar-refractivity contribution in [3.05, 3.63) is 48.6 Å². The van der Waals surface area contributed by atoms with Crippen LogP contribution < -0.4 is 5.32 Å². The van der Waals surface area contributed by atoms with E-state index in [1.165, 1.54) is 89.9 Å². The minimum atomic E-state index is -0.794. The fourth-order valence-corrected chi connectivity index (χ4v) is 7.39. The van der Waals surface area contributed by atoms with Gasteiger partial charge in [-0.15, -0.1) is 0 Å². The Morgan fingerprint density at radius 2 is 0.966 bits per heavy atom. The predicted molar refractivity (Wildman–Crippen MR) is 250 cm³/mol. The Morgan fingerprint density at radius 3 is 1.52 bits per heavy atom. The van der Waals surface area contributed by atoms with Crippen LogP contribution in [0.3, 0.4) is 0 Å². The molecule has 3 atom stereocenters. The number of unbranched alkanes of at least 4 members (excludes halogenated alkanes) is 24. The monoisotopic (exact) mass is 814 g/mol. The second kappa shape index (κ2) is 45.9. The van der Waals surface area contributed by atoms with Gasteiger partial charge < -0.3 is 20.3 Å². The molecule has 0 bridgehead atoms. The smallest absolute Gasteiger partial charge is 0.306 e. The fourth-order valence-electron chi connectivity index (χ4n) is 7.39. The molecule has 3 N–H and O–H groups in total. The van der Waals surface area contributed by atoms with Gasteiger partial charge in [0.05, 0.1) is 25.2 Å². The van der Waals surface area contributed by atoms with Crippen molar-refractivity contribution in [2.75, 3.05) is 6.61 Å². The molecule has 0 aromatic rings. The maximum Gasteiger partial charge on any atom is 0.306 e. The summed E-state index contributed by atoms with van der Waals surface area (Å²) in [6.07, 6.45) is 54.7. The Bertz CT molecular complexity index is 1000. The van der Waals surface area contributed by atoms with Gasteiger partial charge in [0.2, 0.25) is 5.91 Å². The van der Waals surface area contributed by atoms with Gasteiger partial charge in [0.1, 0.15) is 6.10 Å². The lowest BCUT2D eigenvalue weighted by molar-refractivity contribution is -0.151. The number of rotatable bonds is 44. The maximum atomic E-state index is 13.1. The van der Waals surface area contributed by atoms with Gasteiger partial charge in [-0.1, -0.05) is 204 Å². The molecule has 0 fully saturated rings. The van der Waals surface area contributed by atoms with Crippen molar-refractivity contribution in [2.45, 2.75) is 264 Å². The standard InChI is InChI=1S/C52H95NO5/c1-4-7-10-13-16-19-21-23-25-26-27-28-30-32-35-38-41-44-50(55)49(47-54)53-51(56)46-48(43-40-37-34-18-15-12-9-6-3)58-52(57)45-42-39-36-33-31-29-24-22-20-17-14-11-8-5-2/h8,11-12,15,17,20,24,29,48-50,54-55H,4-7,9-10,13-14,16,18-19,21-23,25-28,30-47H2,1-3H3,(H,53,56)/b11-8+,15-12-,20-17+,29-24+. The van der Waals surface area contributed by atoms with Gasteiger partial charge in [-0.05, 0) is 77.0 Å². The average Bonchev–Trinajstić information content (AvgIpc) is 3.22. The second-order valence-electron chi connectivity index (χ2n) is 16.8. The number of amides is 1. The van der Waals surface area contributed by atoms with Crippen LogP contribution in [-0.2, 0) is 14.3 Å². The lowest BCUT2D eigenvalue weighted by Crippen LogP contribution is -2.46. The highest BCUT2D eigenvalue weighted by atomic mass is 16.5. The summed E-state index contributed by atoms with van der Waals surface area (Å²) < 4.78 is 5.88. The van der Waals surface area contributed by atoms with Crippen molar-refractivity contribution in [2.24, 2.45) is 0 Å². The van der Waals surface area contributed by atoms with Crippen molar-refractivity contribution >= 4 is 11.9 Å². The van der Waals surface area contributed by atoms with Gasteiger partial charge in [0.15, 0.2) is 0 Å². The van der Waals surface area contributed by atoms with Crippen LogP contribution in [0.15, 0.2) is 48.6 Å². The van der Waals surface area contributed by atoms with Crippen LogP contribution in [0.5, 0.6) is 0 Å². The first-order chi connectivity index (χ1) is 28.5. The molecule has 0 aliphatic carbocycles. The number of hydrogen-bond acceptors (Lipinski definition) is 5. The van der Waals surface area contributed by atoms with Gasteiger partial charge in [-0.3, -0.25) is 9.59 Å². The second-order valence-corrected chi connectivity index (χ2v) is 16.8. The van der Waals surface area contributed by atoms with E-state index in [4.69, 9.17) is 4.74 Å². The van der Waals surface area contributed by atoms with Crippen LogP contribution >= 0.6 is 0 Å². The van der Waals surface area contributed by atoms with Crippen molar-refractivity contribution in [3.63, 3.8) is 0 Å². The maximum absolute atomic E-state index is 13.1. The molecule has 6 nitrogen and oxygen atoms in total. The van der Waals surface area contributed by atoms with E-state index in [1.54, 1.807) is 0 Å². The first kappa shape index (κ1) is 55.8. The van der Waals surface area contributed by atoms with E-state index in [2.05, 4.69) is 74.7 Å². The largest absolute Gasteiger partial charge is 0.462 e. The normalized spacial score (nSPS) is 13.7. The minimum absolute atomic E-state index is 0.0570. The molecule has 6 heteroatoms. The van der Waals surface area contributed by atoms with Crippen LogP contribution in [0.1, 0.15) is 245 Å². The molecule has 0 rings (SSSR count). The van der Waals surface area contributed by atoms with Crippen molar-refractivity contribution < 1.29 is 24.5 Å². The summed E-state index contributed by atoms with van der Waals surface area (Å²) in [5.41, 5.74) is 0. The number of esters is 1. The van der Waals surface area contributed by atoms with Crippen molar-refractivity contribution in [3.8, 4) is 0 Å². The minimum Gasteiger partial charge on any atom is -0.462 e. The van der Waals surface area contributed by atoms with Gasteiger partial charge in [0.25, 0.3) is 0 Å². The highest BCUT2D eigenvalue weighted by Crippen LogP contribution is 2.17. The third kappa shape index (κ3) is 40.6. The molecule has 0 spiro atoms. The summed E-state index contributed by atoms with van der Waals surface area (Å²) in [6, 6.07) is -0.709. The molecule has 0 aliphatic heterocycles. The van der Waals surface area contributed by atoms with E-state index in [9.17, 15) is 19.8 Å². The number of allylic oxidation sites excluding steroid dienone is 8. The van der Waals surface area contributed by atoms with E-state index >= 15 is 0 Å². The number of carbonyl (C=O) groups excluding carboxylic acids is 2. The number of carbonyl (C=O) groups is 2. The molecule has 0 aromatic carbocycles. The third-order valence-corrected chi connectivity index (χ3v) is 11.1. The Balaban J connectivity index is 4.42. The lowest BCUT2D eigenvalue weighted by atomic mass is 10.0. The lowest BCUT2D eigenvalue weighted by Gasteiger charge is -2.24. The van der Waals surface area contributed by atoms with Gasteiger partial charge in [-0.25, -0.2) is 0 Å². The van der Waals surface area contributed by atoms with Crippen LogP contribution in [0.4, 0.5) is 0 Å². The number of aliphatic hydroxyl groups excluding tert-OH is 2. The van der Waals surface area contributed by atoms with E-state index in [-0.39, 0.29) is 24.9 Å². The number of ether oxygens (including phenoxy) is 1. The molecule has 0 aliphatic rings. The van der Waals surface area contributed by atoms with E-state index < -0.39 is 18.2 Å². The molecule has 0 saturated carbocycles. The Morgan fingerprint density at radius 1 is 0.517 bits per heavy atom. The quantitative estimate of drug-likeness (QED) is 0.0323. The summed E-state index contributed by atoms with van der Waals surface area (Å²) in [7, 11) is 0. The van der Waals surface area contributed by atoms with Crippen LogP contribution in [0, 0.1) is 0 Å². The Kier molecular flexibility index (Phi) is 44.2. The molecular formula is C52H95NO5. The zero-order valence-electron chi connectivity index (χ0n) is 38.4. The summed E-state index contributed by atoms with van der Waals surface area (Å²) in [5, 5.41) is 23.7. The summed E-state index contributed by atoms with van der Waals surface area (Å²) >= 11 is 0.